The van der Waals surface area contributed by atoms with E-state index >= 15 is 0 Å². The highest BCUT2D eigenvalue weighted by Crippen LogP contribution is 2.12. The Balaban J connectivity index is 1.76. The van der Waals surface area contributed by atoms with Crippen molar-refractivity contribution in [2.45, 2.75) is 32.1 Å². The summed E-state index contributed by atoms with van der Waals surface area (Å²) in [6.45, 7) is 1.71. The maximum Gasteiger partial charge on any atom is 0.212 e. The first-order valence-electron chi connectivity index (χ1n) is 10.7. The minimum atomic E-state index is 0.718. The van der Waals surface area contributed by atoms with Crippen molar-refractivity contribution in [1.82, 2.24) is 10.7 Å². The molecule has 2 aromatic rings. The van der Waals surface area contributed by atoms with E-state index in [0.717, 1.165) is 58.8 Å². The molecular formula is C25H28Cl2N4. The van der Waals surface area contributed by atoms with Crippen molar-refractivity contribution >= 4 is 47.0 Å². The van der Waals surface area contributed by atoms with Crippen LogP contribution in [0.15, 0.2) is 70.8 Å². The lowest BCUT2D eigenvalue weighted by atomic mass is 10.1. The van der Waals surface area contributed by atoms with Gasteiger partial charge in [-0.25, -0.2) is 5.43 Å². The van der Waals surface area contributed by atoms with E-state index in [9.17, 15) is 0 Å². The van der Waals surface area contributed by atoms with Gasteiger partial charge in [0, 0.05) is 23.1 Å². The summed E-state index contributed by atoms with van der Waals surface area (Å²) in [4.78, 5) is 4.62. The maximum absolute atomic E-state index is 5.99. The van der Waals surface area contributed by atoms with Gasteiger partial charge in [0.15, 0.2) is 0 Å². The second kappa shape index (κ2) is 13.0. The maximum atomic E-state index is 5.99. The van der Waals surface area contributed by atoms with Crippen LogP contribution in [0.3, 0.4) is 0 Å². The van der Waals surface area contributed by atoms with E-state index in [0.29, 0.717) is 0 Å². The van der Waals surface area contributed by atoms with Crippen molar-refractivity contribution < 1.29 is 0 Å². The topological polar surface area (TPSA) is 48.8 Å². The number of nitrogens with one attached hydrogen (secondary N) is 2. The molecule has 31 heavy (non-hydrogen) atoms. The third-order valence-corrected chi connectivity index (χ3v) is 5.33. The van der Waals surface area contributed by atoms with Gasteiger partial charge in [0.05, 0.1) is 5.71 Å². The second-order valence-electron chi connectivity index (χ2n) is 7.34. The van der Waals surface area contributed by atoms with Gasteiger partial charge >= 0.3 is 0 Å². The summed E-state index contributed by atoms with van der Waals surface area (Å²) in [5.74, 6) is 0.721. The number of nitrogens with zero attached hydrogens (tertiary/aromatic N) is 2. The van der Waals surface area contributed by atoms with Crippen LogP contribution < -0.4 is 10.7 Å². The molecule has 2 N–H and O–H groups in total. The predicted molar refractivity (Wildman–Crippen MR) is 135 cm³/mol. The third-order valence-electron chi connectivity index (χ3n) is 4.82. The van der Waals surface area contributed by atoms with Crippen molar-refractivity contribution in [2.24, 2.45) is 10.1 Å². The molecule has 1 heterocycles. The Morgan fingerprint density at radius 2 is 1.35 bits per heavy atom. The fraction of sp³-hybridized carbons (Fsp3) is 0.280. The van der Waals surface area contributed by atoms with Gasteiger partial charge in [0.25, 0.3) is 0 Å². The van der Waals surface area contributed by atoms with Gasteiger partial charge in [-0.05, 0) is 60.4 Å². The van der Waals surface area contributed by atoms with Crippen LogP contribution in [-0.2, 0) is 0 Å². The lowest BCUT2D eigenvalue weighted by molar-refractivity contribution is 0.597. The monoisotopic (exact) mass is 454 g/mol. The molecule has 0 bridgehead atoms. The molecule has 0 amide bonds. The molecule has 0 aromatic heterocycles. The van der Waals surface area contributed by atoms with Crippen LogP contribution in [0.1, 0.15) is 43.2 Å². The summed E-state index contributed by atoms with van der Waals surface area (Å²) < 4.78 is 0. The molecule has 0 fully saturated rings. The number of halogens is 2. The zero-order chi connectivity index (χ0) is 21.7. The summed E-state index contributed by atoms with van der Waals surface area (Å²) in [6.07, 6.45) is 14.0. The average Bonchev–Trinajstić information content (AvgIpc) is 2.79. The molecule has 2 aromatic carbocycles. The molecule has 4 nitrogen and oxygen atoms in total. The molecule has 162 valence electrons. The summed E-state index contributed by atoms with van der Waals surface area (Å²) >= 11 is 12.0. The van der Waals surface area contributed by atoms with E-state index < -0.39 is 0 Å². The van der Waals surface area contributed by atoms with Gasteiger partial charge in [0.1, 0.15) is 0 Å². The Labute approximate surface area is 194 Å². The first-order valence-corrected chi connectivity index (χ1v) is 11.4. The van der Waals surface area contributed by atoms with E-state index in [-0.39, 0.29) is 0 Å². The summed E-state index contributed by atoms with van der Waals surface area (Å²) in [5.41, 5.74) is 5.98. The van der Waals surface area contributed by atoms with Gasteiger partial charge in [-0.15, -0.1) is 0 Å². The smallest absolute Gasteiger partial charge is 0.212 e. The number of hydrogen-bond donors (Lipinski definition) is 2. The van der Waals surface area contributed by atoms with Crippen LogP contribution in [0, 0.1) is 0 Å². The van der Waals surface area contributed by atoms with Crippen molar-refractivity contribution in [3.63, 3.8) is 0 Å². The van der Waals surface area contributed by atoms with Crippen LogP contribution in [0.5, 0.6) is 0 Å². The highest BCUT2D eigenvalue weighted by atomic mass is 35.5. The zero-order valence-corrected chi connectivity index (χ0v) is 19.0. The minimum Gasteiger partial charge on any atom is -0.355 e. The summed E-state index contributed by atoms with van der Waals surface area (Å²) in [6, 6.07) is 15.4. The second-order valence-corrected chi connectivity index (χ2v) is 8.22. The Morgan fingerprint density at radius 3 is 1.97 bits per heavy atom. The molecule has 0 atom stereocenters. The number of rotatable bonds is 5. The van der Waals surface area contributed by atoms with Gasteiger partial charge < -0.3 is 5.32 Å². The van der Waals surface area contributed by atoms with E-state index in [2.05, 4.69) is 20.8 Å². The molecule has 0 saturated heterocycles. The standard InChI is InChI=1S/C25H28Cl2N4/c26-22-12-6-20(7-13-22)10-16-24(17-11-21-8-14-23(27)15-9-21)30-31-25-28-18-4-2-1-3-5-19-29-25/h6-17H,1-5,18-19H2,(H2,28,29,31). The quantitative estimate of drug-likeness (QED) is 0.396. The normalized spacial score (nSPS) is 15.4. The van der Waals surface area contributed by atoms with Crippen LogP contribution in [0.25, 0.3) is 12.2 Å². The molecule has 0 spiro atoms. The fourth-order valence-electron chi connectivity index (χ4n) is 3.05. The number of guanidine groups is 1. The van der Waals surface area contributed by atoms with Crippen molar-refractivity contribution in [3.05, 3.63) is 81.9 Å². The Kier molecular flexibility index (Phi) is 9.68. The highest BCUT2D eigenvalue weighted by Gasteiger charge is 2.01. The molecule has 0 aliphatic carbocycles. The summed E-state index contributed by atoms with van der Waals surface area (Å²) in [5, 5.41) is 9.38. The molecule has 0 radical (unpaired) electrons. The van der Waals surface area contributed by atoms with Crippen molar-refractivity contribution in [1.29, 1.82) is 0 Å². The first-order chi connectivity index (χ1) is 15.2. The molecule has 3 rings (SSSR count). The van der Waals surface area contributed by atoms with E-state index in [4.69, 9.17) is 23.2 Å². The fourth-order valence-corrected chi connectivity index (χ4v) is 3.31. The molecular weight excluding hydrogens is 427 g/mol. The van der Waals surface area contributed by atoms with E-state index in [1.165, 1.54) is 19.3 Å². The average molecular weight is 455 g/mol. The van der Waals surface area contributed by atoms with Crippen LogP contribution in [-0.4, -0.2) is 24.8 Å². The van der Waals surface area contributed by atoms with Crippen molar-refractivity contribution in [3.8, 4) is 0 Å². The number of benzene rings is 2. The van der Waals surface area contributed by atoms with Gasteiger partial charge in [-0.1, -0.05) is 78.9 Å². The van der Waals surface area contributed by atoms with E-state index in [1.54, 1.807) is 0 Å². The molecule has 6 heteroatoms. The lowest BCUT2D eigenvalue weighted by Gasteiger charge is -2.11. The van der Waals surface area contributed by atoms with Crippen LogP contribution >= 0.6 is 23.2 Å². The van der Waals surface area contributed by atoms with E-state index in [1.807, 2.05) is 72.8 Å². The third kappa shape index (κ3) is 8.99. The Bertz CT molecular complexity index is 871. The number of aliphatic imine (C=N–C) groups is 1. The zero-order valence-electron chi connectivity index (χ0n) is 17.5. The Morgan fingerprint density at radius 1 is 0.806 bits per heavy atom. The van der Waals surface area contributed by atoms with Crippen molar-refractivity contribution in [2.75, 3.05) is 13.1 Å². The minimum absolute atomic E-state index is 0.718. The number of hydrazone groups is 1. The first kappa shape index (κ1) is 23.1. The van der Waals surface area contributed by atoms with Crippen LogP contribution in [0.4, 0.5) is 0 Å². The number of allylic oxidation sites excluding steroid dienone is 2. The lowest BCUT2D eigenvalue weighted by Crippen LogP contribution is -2.35. The van der Waals surface area contributed by atoms with Gasteiger partial charge in [-0.2, -0.15) is 5.10 Å². The highest BCUT2D eigenvalue weighted by molar-refractivity contribution is 6.30. The van der Waals surface area contributed by atoms with Gasteiger partial charge in [-0.3, -0.25) is 4.99 Å². The molecule has 1 aliphatic heterocycles. The molecule has 0 unspecified atom stereocenters. The SMILES string of the molecule is Clc1ccc(C=CC(C=Cc2ccc(Cl)cc2)=NNC2=NCCCCCCCN2)cc1. The number of hydrogen-bond acceptors (Lipinski definition) is 4. The summed E-state index contributed by atoms with van der Waals surface area (Å²) in [7, 11) is 0. The largest absolute Gasteiger partial charge is 0.355 e. The Hall–Kier alpha value is -2.56. The van der Waals surface area contributed by atoms with Crippen LogP contribution in [0.2, 0.25) is 10.0 Å². The molecule has 0 saturated carbocycles. The predicted octanol–water partition coefficient (Wildman–Crippen LogP) is 6.58. The molecule has 1 aliphatic rings. The van der Waals surface area contributed by atoms with Gasteiger partial charge in [0.2, 0.25) is 5.96 Å².